The normalized spacial score (nSPS) is 8.64. The summed E-state index contributed by atoms with van der Waals surface area (Å²) in [6.45, 7) is 8.13. The molecule has 0 aromatic heterocycles. The molecule has 0 heterocycles. The summed E-state index contributed by atoms with van der Waals surface area (Å²) in [5.41, 5.74) is 3.56. The number of hydrogen-bond acceptors (Lipinski definition) is 1. The van der Waals surface area contributed by atoms with Crippen LogP contribution in [0.5, 0.6) is 0 Å². The Balaban J connectivity index is 0.000000791. The fourth-order valence-electron chi connectivity index (χ4n) is 1.27. The van der Waals surface area contributed by atoms with Gasteiger partial charge in [-0.05, 0) is 25.5 Å². The maximum atomic E-state index is 7.10. The van der Waals surface area contributed by atoms with Gasteiger partial charge in [0.15, 0.2) is 0 Å². The van der Waals surface area contributed by atoms with E-state index in [9.17, 15) is 0 Å². The molecule has 78 valence electrons. The van der Waals surface area contributed by atoms with Gasteiger partial charge in [-0.3, -0.25) is 5.41 Å². The van der Waals surface area contributed by atoms with Gasteiger partial charge in [0, 0.05) is 12.7 Å². The maximum absolute atomic E-state index is 7.10. The Bertz CT molecular complexity index is 292. The second kappa shape index (κ2) is 6.19. The Labute approximate surface area is 87.1 Å². The van der Waals surface area contributed by atoms with E-state index in [-0.39, 0.29) is 0 Å². The Hall–Kier alpha value is -1.31. The van der Waals surface area contributed by atoms with Gasteiger partial charge >= 0.3 is 0 Å². The van der Waals surface area contributed by atoms with Crippen molar-refractivity contribution in [3.05, 3.63) is 29.3 Å². The van der Waals surface area contributed by atoms with Gasteiger partial charge in [-0.25, -0.2) is 0 Å². The molecule has 1 N–H and O–H groups in total. The van der Waals surface area contributed by atoms with E-state index in [2.05, 4.69) is 26.0 Å². The monoisotopic (exact) mass is 192 g/mol. The van der Waals surface area contributed by atoms with Crippen LogP contribution in [0, 0.1) is 19.3 Å². The molecule has 0 bridgehead atoms. The van der Waals surface area contributed by atoms with E-state index in [0.717, 1.165) is 5.69 Å². The van der Waals surface area contributed by atoms with Crippen molar-refractivity contribution in [2.75, 3.05) is 11.9 Å². The summed E-state index contributed by atoms with van der Waals surface area (Å²) in [7, 11) is 1.88. The largest absolute Gasteiger partial charge is 0.336 e. The summed E-state index contributed by atoms with van der Waals surface area (Å²) in [4.78, 5) is 1.80. The van der Waals surface area contributed by atoms with E-state index >= 15 is 0 Å². The predicted octanol–water partition coefficient (Wildman–Crippen LogP) is 3.37. The van der Waals surface area contributed by atoms with Crippen molar-refractivity contribution in [1.82, 2.24) is 0 Å². The Morgan fingerprint density at radius 3 is 2.21 bits per heavy atom. The molecular formula is C12H20N2. The second-order valence-corrected chi connectivity index (χ2v) is 3.03. The molecule has 0 amide bonds. The Morgan fingerprint density at radius 2 is 1.79 bits per heavy atom. The molecule has 1 aromatic rings. The van der Waals surface area contributed by atoms with Crippen LogP contribution in [-0.4, -0.2) is 13.4 Å². The van der Waals surface area contributed by atoms with Gasteiger partial charge in [-0.2, -0.15) is 0 Å². The third-order valence-electron chi connectivity index (χ3n) is 1.93. The molecule has 0 spiro atoms. The van der Waals surface area contributed by atoms with Crippen LogP contribution in [0.3, 0.4) is 0 Å². The van der Waals surface area contributed by atoms with Crippen molar-refractivity contribution < 1.29 is 0 Å². The van der Waals surface area contributed by atoms with Crippen LogP contribution in [0.2, 0.25) is 0 Å². The molecule has 0 saturated carbocycles. The minimum absolute atomic E-state index is 1.09. The molecule has 0 atom stereocenters. The first-order valence-electron chi connectivity index (χ1n) is 4.96. The molecule has 2 nitrogen and oxygen atoms in total. The fraction of sp³-hybridized carbons (Fsp3) is 0.417. The summed E-state index contributed by atoms with van der Waals surface area (Å²) >= 11 is 0. The first-order chi connectivity index (χ1) is 6.65. The highest BCUT2D eigenvalue weighted by atomic mass is 15.1. The third-order valence-corrected chi connectivity index (χ3v) is 1.93. The number of hydrogen-bond donors (Lipinski definition) is 1. The van der Waals surface area contributed by atoms with Gasteiger partial charge in [0.2, 0.25) is 0 Å². The predicted molar refractivity (Wildman–Crippen MR) is 64.5 cm³/mol. The number of aryl methyl sites for hydroxylation is 2. The van der Waals surface area contributed by atoms with Crippen molar-refractivity contribution in [1.29, 1.82) is 5.41 Å². The van der Waals surface area contributed by atoms with E-state index in [1.54, 1.807) is 4.90 Å². The standard InChI is InChI=1S/C10H14N2.C2H6/c1-8-4-5-10(9(2)6-8)12(3)7-11;1-2/h4-7,11H,1-3H3;1-2H3. The van der Waals surface area contributed by atoms with Crippen LogP contribution >= 0.6 is 0 Å². The van der Waals surface area contributed by atoms with Crippen molar-refractivity contribution in [2.24, 2.45) is 0 Å². The van der Waals surface area contributed by atoms with Crippen molar-refractivity contribution >= 4 is 12.0 Å². The second-order valence-electron chi connectivity index (χ2n) is 3.03. The van der Waals surface area contributed by atoms with E-state index in [1.807, 2.05) is 27.0 Å². The fourth-order valence-corrected chi connectivity index (χ4v) is 1.27. The molecule has 2 heteroatoms. The molecule has 1 rings (SSSR count). The quantitative estimate of drug-likeness (QED) is 0.564. The lowest BCUT2D eigenvalue weighted by Gasteiger charge is -2.15. The molecule has 0 aliphatic rings. The zero-order valence-electron chi connectivity index (χ0n) is 9.76. The highest BCUT2D eigenvalue weighted by Crippen LogP contribution is 2.18. The lowest BCUT2D eigenvalue weighted by Crippen LogP contribution is -2.14. The first kappa shape index (κ1) is 12.7. The van der Waals surface area contributed by atoms with Gasteiger partial charge in [-0.15, -0.1) is 0 Å². The molecular weight excluding hydrogens is 172 g/mol. The van der Waals surface area contributed by atoms with E-state index in [0.29, 0.717) is 0 Å². The molecule has 0 aliphatic heterocycles. The Kier molecular flexibility index (Phi) is 5.61. The van der Waals surface area contributed by atoms with Gasteiger partial charge in [-0.1, -0.05) is 31.5 Å². The third kappa shape index (κ3) is 3.21. The van der Waals surface area contributed by atoms with Crippen molar-refractivity contribution in [3.63, 3.8) is 0 Å². The molecule has 1 aromatic carbocycles. The summed E-state index contributed by atoms with van der Waals surface area (Å²) in [6, 6.07) is 6.22. The average Bonchev–Trinajstić information content (AvgIpc) is 2.20. The zero-order valence-corrected chi connectivity index (χ0v) is 9.76. The van der Waals surface area contributed by atoms with E-state index in [4.69, 9.17) is 5.41 Å². The number of anilines is 1. The zero-order chi connectivity index (χ0) is 11.1. The van der Waals surface area contributed by atoms with Crippen LogP contribution in [-0.2, 0) is 0 Å². The molecule has 0 unspecified atom stereocenters. The molecule has 0 aliphatic carbocycles. The number of benzene rings is 1. The summed E-state index contributed by atoms with van der Waals surface area (Å²) in [6.07, 6.45) is 1.32. The number of rotatable bonds is 2. The van der Waals surface area contributed by atoms with Gasteiger partial charge < -0.3 is 4.90 Å². The van der Waals surface area contributed by atoms with Crippen molar-refractivity contribution in [3.8, 4) is 0 Å². The molecule has 0 saturated heterocycles. The molecule has 14 heavy (non-hydrogen) atoms. The number of nitrogens with zero attached hydrogens (tertiary/aromatic N) is 1. The summed E-state index contributed by atoms with van der Waals surface area (Å²) in [5.74, 6) is 0. The van der Waals surface area contributed by atoms with Crippen LogP contribution < -0.4 is 4.90 Å². The SMILES string of the molecule is CC.Cc1ccc(N(C)C=N)c(C)c1. The van der Waals surface area contributed by atoms with Gasteiger partial charge in [0.25, 0.3) is 0 Å². The van der Waals surface area contributed by atoms with Gasteiger partial charge in [0.1, 0.15) is 0 Å². The Morgan fingerprint density at radius 1 is 1.21 bits per heavy atom. The van der Waals surface area contributed by atoms with E-state index < -0.39 is 0 Å². The maximum Gasteiger partial charge on any atom is 0.0859 e. The van der Waals surface area contributed by atoms with Crippen LogP contribution in [0.15, 0.2) is 18.2 Å². The summed E-state index contributed by atoms with van der Waals surface area (Å²) < 4.78 is 0. The lowest BCUT2D eigenvalue weighted by molar-refractivity contribution is 1.23. The highest BCUT2D eigenvalue weighted by Gasteiger charge is 2.00. The number of nitrogens with one attached hydrogen (secondary N) is 1. The average molecular weight is 192 g/mol. The van der Waals surface area contributed by atoms with Crippen LogP contribution in [0.1, 0.15) is 25.0 Å². The molecule has 0 radical (unpaired) electrons. The highest BCUT2D eigenvalue weighted by molar-refractivity contribution is 5.77. The smallest absolute Gasteiger partial charge is 0.0859 e. The first-order valence-corrected chi connectivity index (χ1v) is 4.96. The van der Waals surface area contributed by atoms with E-state index in [1.165, 1.54) is 17.5 Å². The molecule has 0 fully saturated rings. The van der Waals surface area contributed by atoms with Crippen LogP contribution in [0.4, 0.5) is 5.69 Å². The minimum Gasteiger partial charge on any atom is -0.336 e. The lowest BCUT2D eigenvalue weighted by atomic mass is 10.1. The minimum atomic E-state index is 1.09. The topological polar surface area (TPSA) is 27.1 Å². The van der Waals surface area contributed by atoms with Crippen LogP contribution in [0.25, 0.3) is 0 Å². The summed E-state index contributed by atoms with van der Waals surface area (Å²) in [5, 5.41) is 7.10. The van der Waals surface area contributed by atoms with Gasteiger partial charge in [0.05, 0.1) is 6.34 Å². The van der Waals surface area contributed by atoms with Crippen molar-refractivity contribution in [2.45, 2.75) is 27.7 Å².